The van der Waals surface area contributed by atoms with E-state index in [0.717, 1.165) is 0 Å². The molecule has 0 fully saturated rings. The molecule has 3 N–H and O–H groups in total. The largest absolute Gasteiger partial charge is 0.497 e. The molecule has 0 aliphatic rings. The predicted octanol–water partition coefficient (Wildman–Crippen LogP) is 0.968. The highest BCUT2D eigenvalue weighted by molar-refractivity contribution is 5.85. The lowest BCUT2D eigenvalue weighted by Crippen LogP contribution is -2.50. The van der Waals surface area contributed by atoms with E-state index in [9.17, 15) is 4.79 Å². The molecular weight excluding hydrogens is 244 g/mol. The van der Waals surface area contributed by atoms with Gasteiger partial charge < -0.3 is 9.47 Å². The summed E-state index contributed by atoms with van der Waals surface area (Å²) < 4.78 is 9.80. The highest BCUT2D eigenvalue weighted by atomic mass is 35.5. The Labute approximate surface area is 107 Å². The molecule has 0 radical (unpaired) electrons. The lowest BCUT2D eigenvalue weighted by molar-refractivity contribution is -0.148. The van der Waals surface area contributed by atoms with Crippen molar-refractivity contribution in [2.24, 2.45) is 5.84 Å². The lowest BCUT2D eigenvalue weighted by Gasteiger charge is -2.26. The summed E-state index contributed by atoms with van der Waals surface area (Å²) in [6.07, 6.45) is 0. The molecule has 1 atom stereocenters. The normalized spacial score (nSPS) is 13.2. The van der Waals surface area contributed by atoms with Crippen LogP contribution in [0.4, 0.5) is 0 Å². The zero-order valence-electron chi connectivity index (χ0n) is 10.0. The third-order valence-electron chi connectivity index (χ3n) is 2.53. The number of halogens is 1. The van der Waals surface area contributed by atoms with Gasteiger partial charge in [-0.25, -0.2) is 10.2 Å². The van der Waals surface area contributed by atoms with Crippen molar-refractivity contribution in [2.45, 2.75) is 12.5 Å². The molecular formula is C11H17ClN2O3. The van der Waals surface area contributed by atoms with Crippen molar-refractivity contribution < 1.29 is 14.3 Å². The molecule has 0 aliphatic heterocycles. The van der Waals surface area contributed by atoms with Crippen molar-refractivity contribution in [3.05, 3.63) is 29.8 Å². The molecule has 17 heavy (non-hydrogen) atoms. The summed E-state index contributed by atoms with van der Waals surface area (Å²) in [7, 11) is 2.88. The molecule has 0 aliphatic carbocycles. The van der Waals surface area contributed by atoms with Gasteiger partial charge in [0.05, 0.1) is 14.2 Å². The van der Waals surface area contributed by atoms with Gasteiger partial charge in [-0.05, 0) is 24.6 Å². The van der Waals surface area contributed by atoms with E-state index < -0.39 is 11.5 Å². The second kappa shape index (κ2) is 6.44. The van der Waals surface area contributed by atoms with Crippen molar-refractivity contribution in [3.63, 3.8) is 0 Å². The van der Waals surface area contributed by atoms with Crippen LogP contribution >= 0.6 is 12.4 Å². The van der Waals surface area contributed by atoms with Crippen LogP contribution in [0.3, 0.4) is 0 Å². The number of hydrogen-bond donors (Lipinski definition) is 2. The van der Waals surface area contributed by atoms with Crippen LogP contribution in [0.2, 0.25) is 0 Å². The lowest BCUT2D eigenvalue weighted by atomic mass is 9.93. The number of rotatable bonds is 4. The molecule has 0 saturated heterocycles. The molecule has 0 saturated carbocycles. The van der Waals surface area contributed by atoms with Crippen LogP contribution in [0.25, 0.3) is 0 Å². The van der Waals surface area contributed by atoms with E-state index >= 15 is 0 Å². The van der Waals surface area contributed by atoms with Crippen molar-refractivity contribution >= 4 is 18.4 Å². The van der Waals surface area contributed by atoms with Crippen molar-refractivity contribution in [1.29, 1.82) is 0 Å². The maximum atomic E-state index is 11.7. The fourth-order valence-corrected chi connectivity index (χ4v) is 1.40. The van der Waals surface area contributed by atoms with Crippen LogP contribution in [0.5, 0.6) is 5.75 Å². The van der Waals surface area contributed by atoms with E-state index in [1.54, 1.807) is 38.3 Å². The zero-order valence-corrected chi connectivity index (χ0v) is 10.8. The van der Waals surface area contributed by atoms with Gasteiger partial charge in [-0.2, -0.15) is 0 Å². The Morgan fingerprint density at radius 1 is 1.41 bits per heavy atom. The van der Waals surface area contributed by atoms with Gasteiger partial charge in [0.25, 0.3) is 0 Å². The fraction of sp³-hybridized carbons (Fsp3) is 0.364. The van der Waals surface area contributed by atoms with Crippen LogP contribution < -0.4 is 16.0 Å². The number of nitrogens with two attached hydrogens (primary N) is 1. The van der Waals surface area contributed by atoms with Gasteiger partial charge >= 0.3 is 5.97 Å². The Bertz CT molecular complexity index is 387. The maximum Gasteiger partial charge on any atom is 0.331 e. The highest BCUT2D eigenvalue weighted by Crippen LogP contribution is 2.24. The van der Waals surface area contributed by atoms with Gasteiger partial charge in [0, 0.05) is 0 Å². The number of benzene rings is 1. The van der Waals surface area contributed by atoms with Crippen LogP contribution in [-0.4, -0.2) is 20.2 Å². The van der Waals surface area contributed by atoms with Crippen molar-refractivity contribution in [3.8, 4) is 5.75 Å². The van der Waals surface area contributed by atoms with Crippen molar-refractivity contribution in [1.82, 2.24) is 5.43 Å². The molecule has 96 valence electrons. The van der Waals surface area contributed by atoms with Gasteiger partial charge in [0.2, 0.25) is 0 Å². The summed E-state index contributed by atoms with van der Waals surface area (Å²) in [4.78, 5) is 11.7. The summed E-state index contributed by atoms with van der Waals surface area (Å²) in [5.41, 5.74) is 2.07. The number of methoxy groups -OCH3 is 2. The minimum atomic E-state index is -1.08. The number of carbonyl (C=O) groups is 1. The minimum absolute atomic E-state index is 0. The molecule has 0 amide bonds. The van der Waals surface area contributed by atoms with Crippen LogP contribution in [0.1, 0.15) is 12.5 Å². The molecule has 0 heterocycles. The highest BCUT2D eigenvalue weighted by Gasteiger charge is 2.35. The molecule has 1 unspecified atom stereocenters. The average molecular weight is 261 g/mol. The van der Waals surface area contributed by atoms with E-state index in [-0.39, 0.29) is 12.4 Å². The Balaban J connectivity index is 0.00000256. The van der Waals surface area contributed by atoms with E-state index in [1.807, 2.05) is 0 Å². The molecule has 6 heteroatoms. The molecule has 1 aromatic rings. The number of hydrogen-bond acceptors (Lipinski definition) is 5. The molecule has 1 rings (SSSR count). The van der Waals surface area contributed by atoms with Crippen LogP contribution in [0, 0.1) is 0 Å². The average Bonchev–Trinajstić information content (AvgIpc) is 2.36. The third-order valence-corrected chi connectivity index (χ3v) is 2.53. The first kappa shape index (κ1) is 15.7. The Morgan fingerprint density at radius 3 is 2.53 bits per heavy atom. The fourth-order valence-electron chi connectivity index (χ4n) is 1.40. The molecule has 1 aromatic carbocycles. The number of carbonyl (C=O) groups excluding carboxylic acids is 1. The van der Waals surface area contributed by atoms with Crippen LogP contribution in [0.15, 0.2) is 24.3 Å². The minimum Gasteiger partial charge on any atom is -0.497 e. The SMILES string of the molecule is COC(=O)C(C)(NN)c1cccc(OC)c1.Cl. The summed E-state index contributed by atoms with van der Waals surface area (Å²) in [6, 6.07) is 7.08. The molecule has 0 spiro atoms. The van der Waals surface area contributed by atoms with Gasteiger partial charge in [0.1, 0.15) is 5.75 Å². The summed E-state index contributed by atoms with van der Waals surface area (Å²) in [5.74, 6) is 5.62. The first-order chi connectivity index (χ1) is 7.58. The van der Waals surface area contributed by atoms with Gasteiger partial charge in [-0.3, -0.25) is 5.84 Å². The third kappa shape index (κ3) is 3.09. The number of ether oxygens (including phenoxy) is 2. The van der Waals surface area contributed by atoms with Gasteiger partial charge in [-0.1, -0.05) is 12.1 Å². The monoisotopic (exact) mass is 260 g/mol. The van der Waals surface area contributed by atoms with E-state index in [0.29, 0.717) is 11.3 Å². The Kier molecular flexibility index (Phi) is 5.95. The first-order valence-electron chi connectivity index (χ1n) is 4.79. The number of hydrazine groups is 1. The topological polar surface area (TPSA) is 73.6 Å². The molecule has 0 bridgehead atoms. The summed E-state index contributed by atoms with van der Waals surface area (Å²) >= 11 is 0. The summed E-state index contributed by atoms with van der Waals surface area (Å²) in [5, 5.41) is 0. The predicted molar refractivity (Wildman–Crippen MR) is 66.9 cm³/mol. The van der Waals surface area contributed by atoms with Crippen LogP contribution in [-0.2, 0) is 15.1 Å². The molecule has 5 nitrogen and oxygen atoms in total. The first-order valence-corrected chi connectivity index (χ1v) is 4.79. The second-order valence-electron chi connectivity index (χ2n) is 3.49. The van der Waals surface area contributed by atoms with Gasteiger partial charge in [0.15, 0.2) is 5.54 Å². The number of esters is 1. The smallest absolute Gasteiger partial charge is 0.331 e. The molecule has 0 aromatic heterocycles. The summed E-state index contributed by atoms with van der Waals surface area (Å²) in [6.45, 7) is 1.65. The van der Waals surface area contributed by atoms with E-state index in [4.69, 9.17) is 15.3 Å². The Hall–Kier alpha value is -1.30. The maximum absolute atomic E-state index is 11.7. The standard InChI is InChI=1S/C11H16N2O3.ClH/c1-11(13-12,10(14)16-3)8-5-4-6-9(7-8)15-2;/h4-7,13H,12H2,1-3H3;1H. The number of nitrogens with one attached hydrogen (secondary N) is 1. The van der Waals surface area contributed by atoms with E-state index in [2.05, 4.69) is 5.43 Å². The quantitative estimate of drug-likeness (QED) is 0.479. The Morgan fingerprint density at radius 2 is 2.06 bits per heavy atom. The zero-order chi connectivity index (χ0) is 12.2. The van der Waals surface area contributed by atoms with E-state index in [1.165, 1.54) is 7.11 Å². The van der Waals surface area contributed by atoms with Crippen molar-refractivity contribution in [2.75, 3.05) is 14.2 Å². The van der Waals surface area contributed by atoms with Gasteiger partial charge in [-0.15, -0.1) is 12.4 Å². The second-order valence-corrected chi connectivity index (χ2v) is 3.49.